The highest BCUT2D eigenvalue weighted by molar-refractivity contribution is 6.07. The zero-order valence-electron chi connectivity index (χ0n) is 17.4. The van der Waals surface area contributed by atoms with E-state index in [0.717, 1.165) is 6.42 Å². The van der Waals surface area contributed by atoms with Gasteiger partial charge in [0.25, 0.3) is 5.91 Å². The first-order valence-corrected chi connectivity index (χ1v) is 11.1. The van der Waals surface area contributed by atoms with E-state index >= 15 is 0 Å². The molecular formula is C23H30FN3O3. The van der Waals surface area contributed by atoms with Crippen molar-refractivity contribution in [3.63, 3.8) is 0 Å². The van der Waals surface area contributed by atoms with Crippen LogP contribution in [0.5, 0.6) is 0 Å². The molecule has 1 aliphatic carbocycles. The number of urea groups is 1. The fourth-order valence-electron chi connectivity index (χ4n) is 5.03. The van der Waals surface area contributed by atoms with E-state index in [0.29, 0.717) is 43.8 Å². The number of nitrogens with one attached hydrogen (secondary N) is 1. The van der Waals surface area contributed by atoms with Crippen molar-refractivity contribution < 1.29 is 18.8 Å². The van der Waals surface area contributed by atoms with Crippen LogP contribution < -0.4 is 5.32 Å². The summed E-state index contributed by atoms with van der Waals surface area (Å²) >= 11 is 0. The van der Waals surface area contributed by atoms with Crippen LogP contribution in [0.4, 0.5) is 9.18 Å². The molecule has 30 heavy (non-hydrogen) atoms. The average molecular weight is 416 g/mol. The maximum atomic E-state index is 13.1. The van der Waals surface area contributed by atoms with E-state index in [2.05, 4.69) is 5.32 Å². The Kier molecular flexibility index (Phi) is 6.06. The Labute approximate surface area is 176 Å². The second kappa shape index (κ2) is 8.74. The Bertz CT molecular complexity index is 796. The average Bonchev–Trinajstić information content (AvgIpc) is 2.99. The number of benzene rings is 1. The van der Waals surface area contributed by atoms with Crippen LogP contribution in [-0.4, -0.2) is 46.3 Å². The number of carbonyl (C=O) groups excluding carboxylic acids is 3. The van der Waals surface area contributed by atoms with Crippen molar-refractivity contribution in [3.8, 4) is 0 Å². The zero-order valence-corrected chi connectivity index (χ0v) is 17.4. The summed E-state index contributed by atoms with van der Waals surface area (Å²) in [6, 6.07) is 5.38. The van der Waals surface area contributed by atoms with Crippen LogP contribution in [0.15, 0.2) is 24.3 Å². The number of halogens is 1. The van der Waals surface area contributed by atoms with E-state index in [-0.39, 0.29) is 24.2 Å². The van der Waals surface area contributed by atoms with Crippen LogP contribution in [0.1, 0.15) is 63.4 Å². The van der Waals surface area contributed by atoms with Gasteiger partial charge in [-0.25, -0.2) is 9.18 Å². The van der Waals surface area contributed by atoms with Gasteiger partial charge < -0.3 is 10.2 Å². The first-order valence-electron chi connectivity index (χ1n) is 11.1. The van der Waals surface area contributed by atoms with E-state index < -0.39 is 11.6 Å². The third-order valence-corrected chi connectivity index (χ3v) is 6.96. The van der Waals surface area contributed by atoms with Gasteiger partial charge in [-0.3, -0.25) is 14.5 Å². The maximum absolute atomic E-state index is 13.1. The SMILES string of the molecule is O=C(CCC1CCCCC1)N1CCC2(CC1)NC(=O)N(Cc1ccc(F)cc1)C2=O. The van der Waals surface area contributed by atoms with Crippen molar-refractivity contribution in [1.82, 2.24) is 15.1 Å². The molecule has 0 bridgehead atoms. The molecule has 1 aromatic carbocycles. The predicted molar refractivity (Wildman–Crippen MR) is 110 cm³/mol. The summed E-state index contributed by atoms with van der Waals surface area (Å²) in [6.45, 7) is 1.09. The molecule has 4 amide bonds. The number of nitrogens with zero attached hydrogens (tertiary/aromatic N) is 2. The quantitative estimate of drug-likeness (QED) is 0.747. The molecule has 2 heterocycles. The Morgan fingerprint density at radius 1 is 1.07 bits per heavy atom. The minimum Gasteiger partial charge on any atom is -0.342 e. The lowest BCUT2D eigenvalue weighted by molar-refractivity contribution is -0.138. The third-order valence-electron chi connectivity index (χ3n) is 6.96. The normalized spacial score (nSPS) is 21.9. The van der Waals surface area contributed by atoms with Gasteiger partial charge in [-0.1, -0.05) is 44.2 Å². The van der Waals surface area contributed by atoms with Crippen molar-refractivity contribution in [2.75, 3.05) is 13.1 Å². The fraction of sp³-hybridized carbons (Fsp3) is 0.609. The Morgan fingerprint density at radius 3 is 2.40 bits per heavy atom. The molecule has 0 atom stereocenters. The maximum Gasteiger partial charge on any atom is 0.325 e. The third kappa shape index (κ3) is 4.35. The molecule has 7 heteroatoms. The van der Waals surface area contributed by atoms with E-state index in [4.69, 9.17) is 0 Å². The van der Waals surface area contributed by atoms with Gasteiger partial charge in [-0.15, -0.1) is 0 Å². The fourth-order valence-corrected chi connectivity index (χ4v) is 5.03. The van der Waals surface area contributed by atoms with E-state index in [9.17, 15) is 18.8 Å². The summed E-state index contributed by atoms with van der Waals surface area (Å²) in [5.74, 6) is 0.240. The summed E-state index contributed by atoms with van der Waals surface area (Å²) in [7, 11) is 0. The molecule has 2 aliphatic heterocycles. The van der Waals surface area contributed by atoms with E-state index in [1.54, 1.807) is 12.1 Å². The Morgan fingerprint density at radius 2 is 1.73 bits per heavy atom. The zero-order chi connectivity index (χ0) is 21.1. The van der Waals surface area contributed by atoms with Gasteiger partial charge in [0.15, 0.2) is 0 Å². The predicted octanol–water partition coefficient (Wildman–Crippen LogP) is 3.60. The molecule has 1 saturated carbocycles. The number of rotatable bonds is 5. The monoisotopic (exact) mass is 415 g/mol. The van der Waals surface area contributed by atoms with Crippen molar-refractivity contribution in [2.24, 2.45) is 5.92 Å². The Balaban J connectivity index is 1.30. The number of hydrogen-bond donors (Lipinski definition) is 1. The van der Waals surface area contributed by atoms with Gasteiger partial charge >= 0.3 is 6.03 Å². The van der Waals surface area contributed by atoms with Crippen molar-refractivity contribution in [3.05, 3.63) is 35.6 Å². The lowest BCUT2D eigenvalue weighted by Crippen LogP contribution is -2.55. The summed E-state index contributed by atoms with van der Waals surface area (Å²) in [4.78, 5) is 41.2. The molecule has 3 fully saturated rings. The van der Waals surface area contributed by atoms with Crippen molar-refractivity contribution in [1.29, 1.82) is 0 Å². The van der Waals surface area contributed by atoms with Crippen LogP contribution in [-0.2, 0) is 16.1 Å². The number of imide groups is 1. The van der Waals surface area contributed by atoms with Gasteiger partial charge in [-0.05, 0) is 42.9 Å². The first kappa shape index (κ1) is 20.8. The Hall–Kier alpha value is -2.44. The standard InChI is InChI=1S/C23H30FN3O3/c24-19-9-6-18(7-10-19)16-27-21(29)23(25-22(27)30)12-14-26(15-13-23)20(28)11-8-17-4-2-1-3-5-17/h6-7,9-10,17H,1-5,8,11-16H2,(H,25,30). The molecule has 1 N–H and O–H groups in total. The molecule has 0 unspecified atom stereocenters. The molecule has 3 aliphatic rings. The summed E-state index contributed by atoms with van der Waals surface area (Å²) in [6.07, 6.45) is 8.76. The topological polar surface area (TPSA) is 69.7 Å². The summed E-state index contributed by atoms with van der Waals surface area (Å²) in [5.41, 5.74) is -0.218. The van der Waals surface area contributed by atoms with Crippen LogP contribution in [0.25, 0.3) is 0 Å². The van der Waals surface area contributed by atoms with Crippen LogP contribution in [0.3, 0.4) is 0 Å². The molecule has 6 nitrogen and oxygen atoms in total. The first-order chi connectivity index (χ1) is 14.5. The molecule has 0 radical (unpaired) electrons. The number of likely N-dealkylation sites (tertiary alicyclic amines) is 1. The van der Waals surface area contributed by atoms with Crippen molar-refractivity contribution in [2.45, 2.75) is 69.9 Å². The van der Waals surface area contributed by atoms with Gasteiger partial charge in [0.05, 0.1) is 6.54 Å². The largest absolute Gasteiger partial charge is 0.342 e. The highest BCUT2D eigenvalue weighted by Crippen LogP contribution is 2.32. The number of carbonyl (C=O) groups is 3. The van der Waals surface area contributed by atoms with Gasteiger partial charge in [-0.2, -0.15) is 0 Å². The van der Waals surface area contributed by atoms with Crippen LogP contribution in [0, 0.1) is 11.7 Å². The smallest absolute Gasteiger partial charge is 0.325 e. The van der Waals surface area contributed by atoms with Crippen molar-refractivity contribution >= 4 is 17.8 Å². The van der Waals surface area contributed by atoms with Gasteiger partial charge in [0.2, 0.25) is 5.91 Å². The lowest BCUT2D eigenvalue weighted by atomic mass is 9.85. The molecule has 162 valence electrons. The molecule has 2 saturated heterocycles. The second-order valence-electron chi connectivity index (χ2n) is 8.95. The van der Waals surface area contributed by atoms with Gasteiger partial charge in [0, 0.05) is 19.5 Å². The number of amides is 4. The minimum absolute atomic E-state index is 0.122. The molecule has 1 spiro atoms. The summed E-state index contributed by atoms with van der Waals surface area (Å²) < 4.78 is 13.1. The van der Waals surface area contributed by atoms with Gasteiger partial charge in [0.1, 0.15) is 11.4 Å². The lowest BCUT2D eigenvalue weighted by Gasteiger charge is -2.37. The highest BCUT2D eigenvalue weighted by Gasteiger charge is 2.52. The molecule has 4 rings (SSSR count). The molecule has 0 aromatic heterocycles. The summed E-state index contributed by atoms with van der Waals surface area (Å²) in [5, 5.41) is 2.87. The minimum atomic E-state index is -0.919. The van der Waals surface area contributed by atoms with Crippen LogP contribution in [0.2, 0.25) is 0 Å². The number of piperidine rings is 1. The molecular weight excluding hydrogens is 385 g/mol. The number of hydrogen-bond acceptors (Lipinski definition) is 3. The van der Waals surface area contributed by atoms with Crippen LogP contribution >= 0.6 is 0 Å². The second-order valence-corrected chi connectivity index (χ2v) is 8.95. The molecule has 1 aromatic rings. The highest BCUT2D eigenvalue weighted by atomic mass is 19.1. The van der Waals surface area contributed by atoms with E-state index in [1.165, 1.54) is 49.1 Å². The van der Waals surface area contributed by atoms with E-state index in [1.807, 2.05) is 4.90 Å².